The Bertz CT molecular complexity index is 423. The maximum Gasteiger partial charge on any atom is 0.290 e. The third-order valence-corrected chi connectivity index (χ3v) is 3.96. The van der Waals surface area contributed by atoms with Gasteiger partial charge in [0.05, 0.1) is 0 Å². The summed E-state index contributed by atoms with van der Waals surface area (Å²) in [4.78, 5) is 0. The van der Waals surface area contributed by atoms with Crippen molar-refractivity contribution >= 4 is 8.38 Å². The molecule has 2 aromatic carbocycles. The first kappa shape index (κ1) is 13.9. The van der Waals surface area contributed by atoms with E-state index in [1.165, 1.54) is 0 Å². The van der Waals surface area contributed by atoms with Crippen LogP contribution in [0.5, 0.6) is 11.5 Å². The number of rotatable bonds is 7. The second-order valence-corrected chi connectivity index (χ2v) is 5.49. The minimum Gasteiger partial charge on any atom is -0.439 e. The molecular formula is C15H18NO2P. The van der Waals surface area contributed by atoms with Crippen LogP contribution in [-0.4, -0.2) is 12.7 Å². The molecule has 0 aromatic heterocycles. The molecule has 19 heavy (non-hydrogen) atoms. The summed E-state index contributed by atoms with van der Waals surface area (Å²) in [6.07, 6.45) is 1.72. The van der Waals surface area contributed by atoms with Crippen LogP contribution in [0.2, 0.25) is 0 Å². The Morgan fingerprint density at radius 1 is 0.789 bits per heavy atom. The van der Waals surface area contributed by atoms with Gasteiger partial charge in [-0.25, -0.2) is 0 Å². The molecule has 0 aliphatic carbocycles. The van der Waals surface area contributed by atoms with E-state index in [9.17, 15) is 0 Å². The van der Waals surface area contributed by atoms with Gasteiger partial charge in [0.2, 0.25) is 0 Å². The summed E-state index contributed by atoms with van der Waals surface area (Å²) in [6, 6.07) is 19.5. The molecule has 4 heteroatoms. The first-order chi connectivity index (χ1) is 9.38. The lowest BCUT2D eigenvalue weighted by atomic mass is 10.3. The van der Waals surface area contributed by atoms with Crippen LogP contribution in [0.3, 0.4) is 0 Å². The molecule has 0 bridgehead atoms. The van der Waals surface area contributed by atoms with Gasteiger partial charge in [-0.05, 0) is 37.2 Å². The zero-order chi connectivity index (χ0) is 13.3. The van der Waals surface area contributed by atoms with Crippen LogP contribution >= 0.6 is 8.38 Å². The van der Waals surface area contributed by atoms with Gasteiger partial charge in [-0.15, -0.1) is 0 Å². The SMILES string of the molecule is NCCCP(Oc1ccccc1)Oc1ccccc1. The molecule has 2 rings (SSSR count). The molecule has 2 aromatic rings. The van der Waals surface area contributed by atoms with Gasteiger partial charge in [0.1, 0.15) is 11.5 Å². The predicted octanol–water partition coefficient (Wildman–Crippen LogP) is 3.81. The predicted molar refractivity (Wildman–Crippen MR) is 79.6 cm³/mol. The van der Waals surface area contributed by atoms with Crippen molar-refractivity contribution in [2.75, 3.05) is 12.7 Å². The van der Waals surface area contributed by atoms with Gasteiger partial charge in [-0.1, -0.05) is 36.4 Å². The van der Waals surface area contributed by atoms with Gasteiger partial charge in [-0.2, -0.15) is 0 Å². The minimum absolute atomic E-state index is 0.648. The third kappa shape index (κ3) is 4.90. The summed E-state index contributed by atoms with van der Waals surface area (Å²) in [5, 5.41) is 0. The molecule has 0 radical (unpaired) electrons. The van der Waals surface area contributed by atoms with Crippen molar-refractivity contribution in [3.63, 3.8) is 0 Å². The minimum atomic E-state index is -0.999. The average molecular weight is 275 g/mol. The van der Waals surface area contributed by atoms with Crippen molar-refractivity contribution in [3.05, 3.63) is 60.7 Å². The molecule has 0 heterocycles. The molecule has 0 saturated heterocycles. The summed E-state index contributed by atoms with van der Waals surface area (Å²) < 4.78 is 11.8. The van der Waals surface area contributed by atoms with Gasteiger partial charge in [-0.3, -0.25) is 0 Å². The highest BCUT2D eigenvalue weighted by atomic mass is 31.2. The highest BCUT2D eigenvalue weighted by Gasteiger charge is 2.13. The first-order valence-corrected chi connectivity index (χ1v) is 7.68. The molecule has 0 fully saturated rings. The Balaban J connectivity index is 1.99. The van der Waals surface area contributed by atoms with Crippen LogP contribution in [0.15, 0.2) is 60.7 Å². The zero-order valence-corrected chi connectivity index (χ0v) is 11.6. The monoisotopic (exact) mass is 275 g/mol. The lowest BCUT2D eigenvalue weighted by Gasteiger charge is -2.18. The smallest absolute Gasteiger partial charge is 0.290 e. The molecule has 3 nitrogen and oxygen atoms in total. The molecule has 2 N–H and O–H groups in total. The Kier molecular flexibility index (Phi) is 5.67. The normalized spacial score (nSPS) is 10.4. The van der Waals surface area contributed by atoms with Crippen molar-refractivity contribution in [1.82, 2.24) is 0 Å². The van der Waals surface area contributed by atoms with Gasteiger partial charge in [0.15, 0.2) is 0 Å². The van der Waals surface area contributed by atoms with Gasteiger partial charge in [0, 0.05) is 6.16 Å². The molecular weight excluding hydrogens is 257 g/mol. The summed E-state index contributed by atoms with van der Waals surface area (Å²) >= 11 is 0. The number of para-hydroxylation sites is 2. The van der Waals surface area contributed by atoms with E-state index in [2.05, 4.69) is 0 Å². The zero-order valence-electron chi connectivity index (χ0n) is 10.7. The quantitative estimate of drug-likeness (QED) is 0.781. The van der Waals surface area contributed by atoms with Crippen molar-refractivity contribution in [3.8, 4) is 11.5 Å². The van der Waals surface area contributed by atoms with E-state index in [-0.39, 0.29) is 0 Å². The standard InChI is InChI=1S/C15H18NO2P/c16-12-7-13-19(17-14-8-3-1-4-9-14)18-15-10-5-2-6-11-15/h1-6,8-11H,7,12-13,16H2. The van der Waals surface area contributed by atoms with Gasteiger partial charge >= 0.3 is 0 Å². The second-order valence-electron chi connectivity index (χ2n) is 4.01. The first-order valence-electron chi connectivity index (χ1n) is 6.32. The largest absolute Gasteiger partial charge is 0.439 e. The van der Waals surface area contributed by atoms with E-state index < -0.39 is 8.38 Å². The summed E-state index contributed by atoms with van der Waals surface area (Å²) in [5.74, 6) is 1.67. The van der Waals surface area contributed by atoms with Crippen LogP contribution in [0.25, 0.3) is 0 Å². The van der Waals surface area contributed by atoms with Gasteiger partial charge < -0.3 is 14.8 Å². The van der Waals surface area contributed by atoms with Crippen molar-refractivity contribution in [2.24, 2.45) is 5.73 Å². The summed E-state index contributed by atoms with van der Waals surface area (Å²) in [7, 11) is -0.999. The Hall–Kier alpha value is -1.57. The Labute approximate surface area is 115 Å². The number of hydrogen-bond acceptors (Lipinski definition) is 3. The van der Waals surface area contributed by atoms with Crippen LogP contribution in [0.4, 0.5) is 0 Å². The maximum atomic E-state index is 5.91. The molecule has 0 amide bonds. The fraction of sp³-hybridized carbons (Fsp3) is 0.200. The van der Waals surface area contributed by atoms with Crippen LogP contribution in [0, 0.1) is 0 Å². The lowest BCUT2D eigenvalue weighted by molar-refractivity contribution is 0.487. The average Bonchev–Trinajstić information content (AvgIpc) is 2.47. The van der Waals surface area contributed by atoms with Crippen LogP contribution in [-0.2, 0) is 0 Å². The van der Waals surface area contributed by atoms with Crippen LogP contribution < -0.4 is 14.8 Å². The van der Waals surface area contributed by atoms with E-state index in [0.29, 0.717) is 6.54 Å². The number of benzene rings is 2. The van der Waals surface area contributed by atoms with Gasteiger partial charge in [0.25, 0.3) is 8.38 Å². The van der Waals surface area contributed by atoms with E-state index in [1.807, 2.05) is 60.7 Å². The lowest BCUT2D eigenvalue weighted by Crippen LogP contribution is -2.05. The molecule has 0 aliphatic rings. The Morgan fingerprint density at radius 3 is 1.68 bits per heavy atom. The van der Waals surface area contributed by atoms with Crippen molar-refractivity contribution < 1.29 is 9.05 Å². The Morgan fingerprint density at radius 2 is 1.26 bits per heavy atom. The third-order valence-electron chi connectivity index (χ3n) is 2.45. The fourth-order valence-electron chi connectivity index (χ4n) is 1.53. The van der Waals surface area contributed by atoms with E-state index >= 15 is 0 Å². The maximum absolute atomic E-state index is 5.91. The van der Waals surface area contributed by atoms with Crippen molar-refractivity contribution in [2.45, 2.75) is 6.42 Å². The molecule has 0 aliphatic heterocycles. The van der Waals surface area contributed by atoms with Crippen molar-refractivity contribution in [1.29, 1.82) is 0 Å². The van der Waals surface area contributed by atoms with E-state index in [4.69, 9.17) is 14.8 Å². The number of nitrogens with two attached hydrogens (primary N) is 1. The molecule has 0 unspecified atom stereocenters. The molecule has 100 valence electrons. The highest BCUT2D eigenvalue weighted by Crippen LogP contribution is 2.40. The second kappa shape index (κ2) is 7.78. The fourth-order valence-corrected chi connectivity index (χ4v) is 2.90. The number of hydrogen-bond donors (Lipinski definition) is 1. The molecule has 0 saturated carbocycles. The van der Waals surface area contributed by atoms with E-state index in [1.54, 1.807) is 0 Å². The van der Waals surface area contributed by atoms with Crippen LogP contribution in [0.1, 0.15) is 6.42 Å². The summed E-state index contributed by atoms with van der Waals surface area (Å²) in [6.45, 7) is 0.648. The highest BCUT2D eigenvalue weighted by molar-refractivity contribution is 7.48. The topological polar surface area (TPSA) is 44.5 Å². The molecule has 0 spiro atoms. The molecule has 0 atom stereocenters. The summed E-state index contributed by atoms with van der Waals surface area (Å²) in [5.41, 5.74) is 5.56. The van der Waals surface area contributed by atoms with E-state index in [0.717, 1.165) is 24.1 Å².